The van der Waals surface area contributed by atoms with Crippen molar-refractivity contribution in [3.63, 3.8) is 0 Å². The van der Waals surface area contributed by atoms with Gasteiger partial charge in [-0.15, -0.1) is 0 Å². The maximum atomic E-state index is 13.2. The normalized spacial score (nSPS) is 16.9. The molecule has 1 aliphatic heterocycles. The highest BCUT2D eigenvalue weighted by Crippen LogP contribution is 2.45. The van der Waals surface area contributed by atoms with Gasteiger partial charge in [0.2, 0.25) is 5.91 Å². The third-order valence-electron chi connectivity index (χ3n) is 4.95. The molecule has 0 spiro atoms. The second kappa shape index (κ2) is 9.62. The number of phenolic OH excluding ortho intramolecular Hbond substituents is 1. The number of hydrazine groups is 1. The molecule has 1 aliphatic rings. The van der Waals surface area contributed by atoms with Gasteiger partial charge in [-0.05, 0) is 47.0 Å². The summed E-state index contributed by atoms with van der Waals surface area (Å²) in [5, 5.41) is 10.5. The molecule has 0 saturated carbocycles. The predicted molar refractivity (Wildman–Crippen MR) is 125 cm³/mol. The summed E-state index contributed by atoms with van der Waals surface area (Å²) in [6, 6.07) is 23.4. The number of nitrogens with zero attached hydrogens (tertiary/aromatic N) is 1. The standard InChI is InChI=1S/C25H22N2O4S/c1-31-21-13-9-19(10-14-21)25-27(26-23(29)16-17-5-3-2-4-6-17)24(30)22(32-25)15-18-7-11-20(28)12-8-18/h2-15,25,28H,16H2,1H3,(H,26,29)/b22-15+. The lowest BCUT2D eigenvalue weighted by molar-refractivity contribution is -0.137. The zero-order chi connectivity index (χ0) is 22.5. The second-order valence-electron chi connectivity index (χ2n) is 7.22. The van der Waals surface area contributed by atoms with Gasteiger partial charge in [0.05, 0.1) is 18.4 Å². The van der Waals surface area contributed by atoms with Gasteiger partial charge in [-0.1, -0.05) is 66.4 Å². The van der Waals surface area contributed by atoms with Gasteiger partial charge in [0.1, 0.15) is 16.9 Å². The average molecular weight is 447 g/mol. The van der Waals surface area contributed by atoms with Crippen molar-refractivity contribution in [2.45, 2.75) is 11.8 Å². The van der Waals surface area contributed by atoms with E-state index in [0.717, 1.165) is 16.7 Å². The molecule has 3 aromatic carbocycles. The SMILES string of the molecule is COc1ccc(C2S/C(=C/c3ccc(O)cc3)C(=O)N2NC(=O)Cc2ccccc2)cc1. The van der Waals surface area contributed by atoms with Crippen LogP contribution in [0.1, 0.15) is 22.1 Å². The minimum Gasteiger partial charge on any atom is -0.508 e. The number of rotatable bonds is 6. The van der Waals surface area contributed by atoms with E-state index in [4.69, 9.17) is 4.74 Å². The Morgan fingerprint density at radius 3 is 2.41 bits per heavy atom. The molecular weight excluding hydrogens is 424 g/mol. The molecule has 0 aliphatic carbocycles. The smallest absolute Gasteiger partial charge is 0.280 e. The number of thioether (sulfide) groups is 1. The lowest BCUT2D eigenvalue weighted by Crippen LogP contribution is -2.44. The number of carbonyl (C=O) groups excluding carboxylic acids is 2. The zero-order valence-electron chi connectivity index (χ0n) is 17.4. The van der Waals surface area contributed by atoms with Gasteiger partial charge in [-0.3, -0.25) is 15.0 Å². The molecule has 1 atom stereocenters. The van der Waals surface area contributed by atoms with Crippen LogP contribution < -0.4 is 10.2 Å². The minimum absolute atomic E-state index is 0.156. The molecular formula is C25H22N2O4S. The molecule has 2 amide bonds. The molecule has 2 N–H and O–H groups in total. The first-order valence-corrected chi connectivity index (χ1v) is 10.9. The van der Waals surface area contributed by atoms with Crippen molar-refractivity contribution in [3.05, 3.63) is 100 Å². The fraction of sp³-hybridized carbons (Fsp3) is 0.120. The molecule has 4 rings (SSSR count). The number of aromatic hydroxyl groups is 1. The molecule has 32 heavy (non-hydrogen) atoms. The van der Waals surface area contributed by atoms with Gasteiger partial charge in [0.15, 0.2) is 0 Å². The number of amides is 2. The molecule has 1 unspecified atom stereocenters. The number of phenols is 1. The zero-order valence-corrected chi connectivity index (χ0v) is 18.2. The molecule has 0 radical (unpaired) electrons. The number of hydrogen-bond acceptors (Lipinski definition) is 5. The largest absolute Gasteiger partial charge is 0.508 e. The molecule has 6 nitrogen and oxygen atoms in total. The number of methoxy groups -OCH3 is 1. The Labute approximate surface area is 190 Å². The molecule has 162 valence electrons. The molecule has 0 aromatic heterocycles. The third kappa shape index (κ3) is 4.95. The summed E-state index contributed by atoms with van der Waals surface area (Å²) in [6.07, 6.45) is 1.92. The first kappa shape index (κ1) is 21.5. The number of hydrogen-bond donors (Lipinski definition) is 2. The lowest BCUT2D eigenvalue weighted by Gasteiger charge is -2.24. The van der Waals surface area contributed by atoms with Gasteiger partial charge < -0.3 is 9.84 Å². The van der Waals surface area contributed by atoms with E-state index in [-0.39, 0.29) is 24.0 Å². The summed E-state index contributed by atoms with van der Waals surface area (Å²) >= 11 is 1.36. The first-order chi connectivity index (χ1) is 15.5. The summed E-state index contributed by atoms with van der Waals surface area (Å²) in [5.41, 5.74) is 5.30. The second-order valence-corrected chi connectivity index (χ2v) is 8.34. The summed E-state index contributed by atoms with van der Waals surface area (Å²) in [7, 11) is 1.59. The number of nitrogens with one attached hydrogen (secondary N) is 1. The van der Waals surface area contributed by atoms with Crippen LogP contribution in [0.2, 0.25) is 0 Å². The molecule has 1 saturated heterocycles. The Morgan fingerprint density at radius 2 is 1.75 bits per heavy atom. The van der Waals surface area contributed by atoms with Crippen LogP contribution in [-0.2, 0) is 16.0 Å². The van der Waals surface area contributed by atoms with Crippen molar-refractivity contribution >= 4 is 29.7 Å². The maximum Gasteiger partial charge on any atom is 0.280 e. The summed E-state index contributed by atoms with van der Waals surface area (Å²) < 4.78 is 5.23. The van der Waals surface area contributed by atoms with E-state index in [1.165, 1.54) is 16.8 Å². The first-order valence-electron chi connectivity index (χ1n) is 10.0. The molecule has 1 heterocycles. The molecule has 1 fully saturated rings. The lowest BCUT2D eigenvalue weighted by atomic mass is 10.1. The van der Waals surface area contributed by atoms with E-state index in [9.17, 15) is 14.7 Å². The van der Waals surface area contributed by atoms with Crippen LogP contribution in [0, 0.1) is 0 Å². The third-order valence-corrected chi connectivity index (χ3v) is 6.20. The highest BCUT2D eigenvalue weighted by atomic mass is 32.2. The highest BCUT2D eigenvalue weighted by molar-refractivity contribution is 8.04. The van der Waals surface area contributed by atoms with Crippen LogP contribution in [0.5, 0.6) is 11.5 Å². The van der Waals surface area contributed by atoms with Crippen molar-refractivity contribution in [2.75, 3.05) is 7.11 Å². The predicted octanol–water partition coefficient (Wildman–Crippen LogP) is 4.29. The fourth-order valence-electron chi connectivity index (χ4n) is 3.32. The van der Waals surface area contributed by atoms with Crippen molar-refractivity contribution in [1.82, 2.24) is 10.4 Å². The van der Waals surface area contributed by atoms with Gasteiger partial charge in [0.25, 0.3) is 5.91 Å². The van der Waals surface area contributed by atoms with E-state index < -0.39 is 5.37 Å². The Kier molecular flexibility index (Phi) is 6.47. The van der Waals surface area contributed by atoms with Crippen LogP contribution in [0.25, 0.3) is 6.08 Å². The number of ether oxygens (including phenoxy) is 1. The Hall–Kier alpha value is -3.71. The molecule has 3 aromatic rings. The fourth-order valence-corrected chi connectivity index (χ4v) is 4.51. The maximum absolute atomic E-state index is 13.2. The van der Waals surface area contributed by atoms with Crippen molar-refractivity contribution in [1.29, 1.82) is 0 Å². The van der Waals surface area contributed by atoms with E-state index in [1.54, 1.807) is 37.5 Å². The van der Waals surface area contributed by atoms with Crippen molar-refractivity contribution in [3.8, 4) is 11.5 Å². The van der Waals surface area contributed by atoms with Crippen molar-refractivity contribution in [2.24, 2.45) is 0 Å². The molecule has 7 heteroatoms. The van der Waals surface area contributed by atoms with E-state index >= 15 is 0 Å². The summed E-state index contributed by atoms with van der Waals surface area (Å²) in [6.45, 7) is 0. The van der Waals surface area contributed by atoms with Crippen LogP contribution in [0.3, 0.4) is 0 Å². The summed E-state index contributed by atoms with van der Waals surface area (Å²) in [5.74, 6) is 0.311. The Morgan fingerprint density at radius 1 is 1.06 bits per heavy atom. The van der Waals surface area contributed by atoms with Crippen LogP contribution in [0.15, 0.2) is 83.8 Å². The average Bonchev–Trinajstić information content (AvgIpc) is 3.11. The van der Waals surface area contributed by atoms with Gasteiger partial charge in [-0.25, -0.2) is 5.01 Å². The van der Waals surface area contributed by atoms with E-state index in [0.29, 0.717) is 10.7 Å². The number of benzene rings is 3. The van der Waals surface area contributed by atoms with Crippen molar-refractivity contribution < 1.29 is 19.4 Å². The van der Waals surface area contributed by atoms with E-state index in [1.807, 2.05) is 54.6 Å². The monoisotopic (exact) mass is 446 g/mol. The Balaban J connectivity index is 1.60. The van der Waals surface area contributed by atoms with Crippen LogP contribution in [0.4, 0.5) is 0 Å². The topological polar surface area (TPSA) is 78.9 Å². The minimum atomic E-state index is -0.420. The van der Waals surface area contributed by atoms with Crippen LogP contribution >= 0.6 is 11.8 Å². The van der Waals surface area contributed by atoms with Gasteiger partial charge in [-0.2, -0.15) is 0 Å². The molecule has 0 bridgehead atoms. The summed E-state index contributed by atoms with van der Waals surface area (Å²) in [4.78, 5) is 26.4. The van der Waals surface area contributed by atoms with E-state index in [2.05, 4.69) is 5.43 Å². The highest BCUT2D eigenvalue weighted by Gasteiger charge is 2.38. The quantitative estimate of drug-likeness (QED) is 0.553. The van der Waals surface area contributed by atoms with Crippen LogP contribution in [-0.4, -0.2) is 29.0 Å². The Bertz CT molecular complexity index is 1130. The van der Waals surface area contributed by atoms with Gasteiger partial charge >= 0.3 is 0 Å². The number of carbonyl (C=O) groups is 2. The van der Waals surface area contributed by atoms with Gasteiger partial charge in [0, 0.05) is 0 Å².